The number of rotatable bonds is 5. The molecule has 0 saturated carbocycles. The van der Waals surface area contributed by atoms with E-state index in [1.165, 1.54) is 18.2 Å². The van der Waals surface area contributed by atoms with Crippen LogP contribution < -0.4 is 5.32 Å². The minimum Gasteiger partial charge on any atom is -0.310 e. The Labute approximate surface area is 136 Å². The van der Waals surface area contributed by atoms with Crippen molar-refractivity contribution in [2.75, 3.05) is 6.54 Å². The highest BCUT2D eigenvalue weighted by Crippen LogP contribution is 2.28. The Morgan fingerprint density at radius 2 is 2.00 bits per heavy atom. The number of halogens is 4. The summed E-state index contributed by atoms with van der Waals surface area (Å²) in [6.07, 6.45) is 0.414. The first-order valence-electron chi connectivity index (χ1n) is 6.64. The third-order valence-corrected chi connectivity index (χ3v) is 4.22. The van der Waals surface area contributed by atoms with Gasteiger partial charge in [0.1, 0.15) is 11.6 Å². The van der Waals surface area contributed by atoms with Crippen LogP contribution in [-0.4, -0.2) is 6.54 Å². The van der Waals surface area contributed by atoms with Gasteiger partial charge in [-0.3, -0.25) is 0 Å². The quantitative estimate of drug-likeness (QED) is 0.751. The summed E-state index contributed by atoms with van der Waals surface area (Å²) in [5.41, 5.74) is 1.19. The Bertz CT molecular complexity index is 634. The molecule has 0 spiro atoms. The predicted molar refractivity (Wildman–Crippen MR) is 85.6 cm³/mol. The molecule has 0 aliphatic rings. The van der Waals surface area contributed by atoms with Gasteiger partial charge in [0.2, 0.25) is 0 Å². The lowest BCUT2D eigenvalue weighted by molar-refractivity contribution is 0.506. The van der Waals surface area contributed by atoms with Crippen LogP contribution in [0.3, 0.4) is 0 Å². The first kappa shape index (κ1) is 16.4. The minimum atomic E-state index is -0.348. The topological polar surface area (TPSA) is 12.0 Å². The van der Waals surface area contributed by atoms with Crippen LogP contribution in [0.15, 0.2) is 40.9 Å². The fourth-order valence-electron chi connectivity index (χ4n) is 2.25. The van der Waals surface area contributed by atoms with Crippen LogP contribution in [0.2, 0.25) is 5.02 Å². The maximum absolute atomic E-state index is 14.3. The van der Waals surface area contributed by atoms with Gasteiger partial charge in [-0.1, -0.05) is 30.7 Å². The van der Waals surface area contributed by atoms with Crippen molar-refractivity contribution in [3.05, 3.63) is 68.7 Å². The van der Waals surface area contributed by atoms with E-state index in [1.54, 1.807) is 18.2 Å². The van der Waals surface area contributed by atoms with Gasteiger partial charge in [-0.25, -0.2) is 8.78 Å². The molecule has 1 nitrogen and oxygen atoms in total. The molecule has 112 valence electrons. The normalized spacial score (nSPS) is 12.4. The highest BCUT2D eigenvalue weighted by Gasteiger charge is 2.18. The lowest BCUT2D eigenvalue weighted by atomic mass is 9.98. The van der Waals surface area contributed by atoms with Crippen molar-refractivity contribution in [2.45, 2.75) is 19.4 Å². The lowest BCUT2D eigenvalue weighted by Gasteiger charge is -2.20. The molecule has 0 bridgehead atoms. The molecule has 0 radical (unpaired) electrons. The average molecular weight is 375 g/mol. The van der Waals surface area contributed by atoms with E-state index >= 15 is 0 Å². The zero-order chi connectivity index (χ0) is 15.4. The zero-order valence-corrected chi connectivity index (χ0v) is 13.8. The molecule has 2 aromatic carbocycles. The van der Waals surface area contributed by atoms with E-state index in [1.807, 2.05) is 6.92 Å². The average Bonchev–Trinajstić information content (AvgIpc) is 2.45. The van der Waals surface area contributed by atoms with E-state index in [2.05, 4.69) is 21.2 Å². The highest BCUT2D eigenvalue weighted by atomic mass is 79.9. The first-order valence-corrected chi connectivity index (χ1v) is 7.81. The number of hydrogen-bond donors (Lipinski definition) is 1. The van der Waals surface area contributed by atoms with E-state index in [0.717, 1.165) is 0 Å². The molecule has 0 aliphatic heterocycles. The van der Waals surface area contributed by atoms with Crippen molar-refractivity contribution in [3.8, 4) is 0 Å². The molecule has 21 heavy (non-hydrogen) atoms. The second-order valence-corrected chi connectivity index (χ2v) is 5.95. The molecule has 2 rings (SSSR count). The largest absolute Gasteiger partial charge is 0.310 e. The van der Waals surface area contributed by atoms with Crippen LogP contribution in [0.25, 0.3) is 0 Å². The molecule has 0 fully saturated rings. The van der Waals surface area contributed by atoms with Crippen LogP contribution in [0.5, 0.6) is 0 Å². The van der Waals surface area contributed by atoms with Crippen molar-refractivity contribution in [1.82, 2.24) is 5.32 Å². The summed E-state index contributed by atoms with van der Waals surface area (Å²) in [6, 6.07) is 9.10. The monoisotopic (exact) mass is 373 g/mol. The molecule has 0 heterocycles. The second-order valence-electron chi connectivity index (χ2n) is 4.69. The molecule has 0 saturated heterocycles. The maximum Gasteiger partial charge on any atom is 0.142 e. The molecule has 0 aliphatic carbocycles. The van der Waals surface area contributed by atoms with Crippen LogP contribution in [-0.2, 0) is 6.42 Å². The van der Waals surface area contributed by atoms with Crippen LogP contribution in [0.4, 0.5) is 8.78 Å². The summed E-state index contributed by atoms with van der Waals surface area (Å²) in [7, 11) is 0. The van der Waals surface area contributed by atoms with Gasteiger partial charge in [0.15, 0.2) is 0 Å². The maximum atomic E-state index is 14.3. The van der Waals surface area contributed by atoms with Crippen LogP contribution >= 0.6 is 27.5 Å². The van der Waals surface area contributed by atoms with Crippen molar-refractivity contribution in [3.63, 3.8) is 0 Å². The summed E-state index contributed by atoms with van der Waals surface area (Å²) in [6.45, 7) is 2.61. The summed E-state index contributed by atoms with van der Waals surface area (Å²) in [5.74, 6) is -0.657. The molecule has 5 heteroatoms. The molecule has 1 atom stereocenters. The zero-order valence-electron chi connectivity index (χ0n) is 11.5. The van der Waals surface area contributed by atoms with Gasteiger partial charge in [0.25, 0.3) is 0 Å². The van der Waals surface area contributed by atoms with Gasteiger partial charge in [-0.2, -0.15) is 0 Å². The van der Waals surface area contributed by atoms with E-state index in [-0.39, 0.29) is 17.7 Å². The lowest BCUT2D eigenvalue weighted by Crippen LogP contribution is -2.24. The Hall–Kier alpha value is -0.970. The summed E-state index contributed by atoms with van der Waals surface area (Å²) in [5, 5.41) is 3.70. The molecule has 1 N–H and O–H groups in total. The van der Waals surface area contributed by atoms with Crippen molar-refractivity contribution in [2.24, 2.45) is 0 Å². The smallest absolute Gasteiger partial charge is 0.142 e. The fourth-order valence-corrected chi connectivity index (χ4v) is 2.82. The van der Waals surface area contributed by atoms with Gasteiger partial charge >= 0.3 is 0 Å². The minimum absolute atomic E-state index is 0.271. The number of nitrogens with one attached hydrogen (secondary N) is 1. The molecular weight excluding hydrogens is 360 g/mol. The Kier molecular flexibility index (Phi) is 5.73. The predicted octanol–water partition coefficient (Wildman–Crippen LogP) is 5.27. The van der Waals surface area contributed by atoms with Crippen LogP contribution in [0.1, 0.15) is 24.1 Å². The van der Waals surface area contributed by atoms with Gasteiger partial charge < -0.3 is 5.32 Å². The third kappa shape index (κ3) is 4.02. The van der Waals surface area contributed by atoms with Crippen molar-refractivity contribution >= 4 is 27.5 Å². The van der Waals surface area contributed by atoms with E-state index in [4.69, 9.17) is 11.6 Å². The molecule has 0 amide bonds. The van der Waals surface area contributed by atoms with E-state index in [0.29, 0.717) is 33.6 Å². The van der Waals surface area contributed by atoms with E-state index < -0.39 is 0 Å². The number of likely N-dealkylation sites (N-methyl/N-ethyl adjacent to an activating group) is 1. The third-order valence-electron chi connectivity index (χ3n) is 3.24. The molecule has 0 aromatic heterocycles. The van der Waals surface area contributed by atoms with Gasteiger partial charge in [-0.05, 0) is 58.7 Å². The standard InChI is InChI=1S/C16H15BrClF2N/c1-2-21-15(12-4-3-5-13(17)16(12)20)9-10-8-11(19)6-7-14(10)18/h3-8,15,21H,2,9H2,1H3. The van der Waals surface area contributed by atoms with Crippen LogP contribution in [0, 0.1) is 11.6 Å². The Morgan fingerprint density at radius 3 is 2.71 bits per heavy atom. The summed E-state index contributed by atoms with van der Waals surface area (Å²) >= 11 is 9.29. The summed E-state index contributed by atoms with van der Waals surface area (Å²) < 4.78 is 28.0. The fraction of sp³-hybridized carbons (Fsp3) is 0.250. The number of benzene rings is 2. The Morgan fingerprint density at radius 1 is 1.24 bits per heavy atom. The first-order chi connectivity index (χ1) is 10.0. The second kappa shape index (κ2) is 7.34. The molecule has 1 unspecified atom stereocenters. The SMILES string of the molecule is CCNC(Cc1cc(F)ccc1Cl)c1cccc(Br)c1F. The summed E-state index contributed by atoms with van der Waals surface area (Å²) in [4.78, 5) is 0. The van der Waals surface area contributed by atoms with Gasteiger partial charge in [0, 0.05) is 16.6 Å². The van der Waals surface area contributed by atoms with Crippen molar-refractivity contribution in [1.29, 1.82) is 0 Å². The Balaban J connectivity index is 2.35. The van der Waals surface area contributed by atoms with E-state index in [9.17, 15) is 8.78 Å². The highest BCUT2D eigenvalue weighted by molar-refractivity contribution is 9.10. The van der Waals surface area contributed by atoms with Gasteiger partial charge in [-0.15, -0.1) is 0 Å². The number of hydrogen-bond acceptors (Lipinski definition) is 1. The van der Waals surface area contributed by atoms with Gasteiger partial charge in [0.05, 0.1) is 4.47 Å². The van der Waals surface area contributed by atoms with Crippen molar-refractivity contribution < 1.29 is 8.78 Å². The molecular formula is C16H15BrClF2N. The molecule has 2 aromatic rings.